The van der Waals surface area contributed by atoms with Crippen LogP contribution >= 0.6 is 11.6 Å². The van der Waals surface area contributed by atoms with E-state index in [1.54, 1.807) is 6.07 Å². The summed E-state index contributed by atoms with van der Waals surface area (Å²) in [4.78, 5) is 11.9. The molecule has 0 aliphatic heterocycles. The second kappa shape index (κ2) is 7.29. The Morgan fingerprint density at radius 1 is 1.21 bits per heavy atom. The van der Waals surface area contributed by atoms with Crippen molar-refractivity contribution in [2.24, 2.45) is 0 Å². The molecule has 0 aliphatic rings. The molecule has 2 aromatic carbocycles. The maximum absolute atomic E-state index is 13.5. The van der Waals surface area contributed by atoms with Crippen LogP contribution in [0.3, 0.4) is 0 Å². The number of carbonyl (C=O) groups excluding carboxylic acids is 1. The van der Waals surface area contributed by atoms with Gasteiger partial charge in [-0.2, -0.15) is 0 Å². The van der Waals surface area contributed by atoms with Gasteiger partial charge in [-0.25, -0.2) is 21.9 Å². The van der Waals surface area contributed by atoms with E-state index in [2.05, 4.69) is 0 Å². The number of ether oxygens (including phenoxy) is 1. The molecule has 0 aliphatic carbocycles. The van der Waals surface area contributed by atoms with Crippen molar-refractivity contribution < 1.29 is 22.3 Å². The quantitative estimate of drug-likeness (QED) is 0.758. The smallest absolute Gasteiger partial charge is 0.338 e. The largest absolute Gasteiger partial charge is 0.457 e. The minimum absolute atomic E-state index is 0.00523. The van der Waals surface area contributed by atoms with Gasteiger partial charge in [-0.1, -0.05) is 29.8 Å². The Labute approximate surface area is 144 Å². The van der Waals surface area contributed by atoms with Gasteiger partial charge in [0.2, 0.25) is 10.0 Å². The first-order chi connectivity index (χ1) is 11.2. The van der Waals surface area contributed by atoms with Gasteiger partial charge in [-0.05, 0) is 24.3 Å². The van der Waals surface area contributed by atoms with Crippen molar-refractivity contribution in [3.63, 3.8) is 0 Å². The summed E-state index contributed by atoms with van der Waals surface area (Å²) in [6, 6.07) is 9.69. The zero-order chi connectivity index (χ0) is 17.9. The highest BCUT2D eigenvalue weighted by Crippen LogP contribution is 2.25. The lowest BCUT2D eigenvalue weighted by atomic mass is 10.2. The minimum atomic E-state index is -3.80. The van der Waals surface area contributed by atoms with Gasteiger partial charge >= 0.3 is 5.97 Å². The molecule has 2 aromatic rings. The van der Waals surface area contributed by atoms with Gasteiger partial charge in [-0.3, -0.25) is 0 Å². The summed E-state index contributed by atoms with van der Waals surface area (Å²) in [5.41, 5.74) is 0.233. The molecule has 0 amide bonds. The Morgan fingerprint density at radius 3 is 2.50 bits per heavy atom. The number of halogens is 2. The van der Waals surface area contributed by atoms with Crippen LogP contribution in [0.2, 0.25) is 5.02 Å². The van der Waals surface area contributed by atoms with Crippen molar-refractivity contribution in [2.45, 2.75) is 11.5 Å². The molecule has 0 saturated heterocycles. The van der Waals surface area contributed by atoms with Gasteiger partial charge in [-0.15, -0.1) is 0 Å². The van der Waals surface area contributed by atoms with E-state index in [0.29, 0.717) is 0 Å². The number of nitrogens with zero attached hydrogens (tertiary/aromatic N) is 1. The van der Waals surface area contributed by atoms with Crippen molar-refractivity contribution in [3.8, 4) is 0 Å². The third-order valence-electron chi connectivity index (χ3n) is 3.24. The molecule has 0 heterocycles. The lowest BCUT2D eigenvalue weighted by Crippen LogP contribution is -2.23. The lowest BCUT2D eigenvalue weighted by Gasteiger charge is -2.13. The lowest BCUT2D eigenvalue weighted by molar-refractivity contribution is 0.0468. The van der Waals surface area contributed by atoms with E-state index in [1.165, 1.54) is 44.4 Å². The summed E-state index contributed by atoms with van der Waals surface area (Å²) in [5, 5.41) is -0.00523. The number of hydrogen-bond donors (Lipinski definition) is 0. The molecule has 5 nitrogen and oxygen atoms in total. The Kier molecular flexibility index (Phi) is 5.58. The van der Waals surface area contributed by atoms with E-state index >= 15 is 0 Å². The van der Waals surface area contributed by atoms with Gasteiger partial charge in [0.25, 0.3) is 0 Å². The maximum atomic E-state index is 13.5. The Hall–Kier alpha value is -1.96. The summed E-state index contributed by atoms with van der Waals surface area (Å²) in [6.07, 6.45) is 0. The average Bonchev–Trinajstić information content (AvgIpc) is 2.54. The number of hydrogen-bond acceptors (Lipinski definition) is 4. The molecule has 8 heteroatoms. The first-order valence-corrected chi connectivity index (χ1v) is 8.68. The zero-order valence-electron chi connectivity index (χ0n) is 13.0. The van der Waals surface area contributed by atoms with E-state index in [1.807, 2.05) is 0 Å². The fourth-order valence-electron chi connectivity index (χ4n) is 1.87. The first kappa shape index (κ1) is 18.4. The monoisotopic (exact) mass is 371 g/mol. The van der Waals surface area contributed by atoms with E-state index in [4.69, 9.17) is 16.3 Å². The third kappa shape index (κ3) is 3.92. The molecule has 2 rings (SSSR count). The van der Waals surface area contributed by atoms with Crippen LogP contribution in [0.1, 0.15) is 15.9 Å². The van der Waals surface area contributed by atoms with E-state index in [0.717, 1.165) is 10.4 Å². The van der Waals surface area contributed by atoms with Crippen LogP contribution in [0, 0.1) is 5.82 Å². The molecule has 0 radical (unpaired) electrons. The summed E-state index contributed by atoms with van der Waals surface area (Å²) >= 11 is 5.92. The fraction of sp³-hybridized carbons (Fsp3) is 0.188. The van der Waals surface area contributed by atoms with E-state index in [9.17, 15) is 17.6 Å². The van der Waals surface area contributed by atoms with Crippen LogP contribution in [-0.4, -0.2) is 32.8 Å². The summed E-state index contributed by atoms with van der Waals surface area (Å²) in [6.45, 7) is -0.260. The van der Waals surface area contributed by atoms with Crippen molar-refractivity contribution in [2.75, 3.05) is 14.1 Å². The van der Waals surface area contributed by atoms with Crippen LogP contribution in [0.5, 0.6) is 0 Å². The number of carbonyl (C=O) groups is 1. The van der Waals surface area contributed by atoms with Gasteiger partial charge < -0.3 is 4.74 Å². The highest BCUT2D eigenvalue weighted by molar-refractivity contribution is 7.89. The van der Waals surface area contributed by atoms with Gasteiger partial charge in [0.1, 0.15) is 17.3 Å². The molecule has 24 heavy (non-hydrogen) atoms. The Bertz CT molecular complexity index is 868. The molecule has 0 bridgehead atoms. The second-order valence-electron chi connectivity index (χ2n) is 5.10. The SMILES string of the molecule is CN(C)S(=O)(=O)c1cc(C(=O)OCc2ccccc2F)ccc1Cl. The standard InChI is InChI=1S/C16H15ClFNO4S/c1-19(2)24(21,22)15-9-11(7-8-13(15)17)16(20)23-10-12-5-3-4-6-14(12)18/h3-9H,10H2,1-2H3. The number of rotatable bonds is 5. The van der Waals surface area contributed by atoms with Crippen molar-refractivity contribution in [3.05, 3.63) is 64.4 Å². The summed E-state index contributed by atoms with van der Waals surface area (Å²) in [7, 11) is -1.09. The first-order valence-electron chi connectivity index (χ1n) is 6.86. The molecule has 0 saturated carbocycles. The van der Waals surface area contributed by atoms with Crippen LogP contribution < -0.4 is 0 Å². The molecular formula is C16H15ClFNO4S. The number of sulfonamides is 1. The van der Waals surface area contributed by atoms with E-state index in [-0.39, 0.29) is 27.7 Å². The second-order valence-corrected chi connectivity index (χ2v) is 7.63. The number of esters is 1. The summed E-state index contributed by atoms with van der Waals surface area (Å²) < 4.78 is 43.9. The van der Waals surface area contributed by atoms with Crippen molar-refractivity contribution in [1.82, 2.24) is 4.31 Å². The van der Waals surface area contributed by atoms with Crippen LogP contribution in [0.25, 0.3) is 0 Å². The minimum Gasteiger partial charge on any atom is -0.457 e. The summed E-state index contributed by atoms with van der Waals surface area (Å²) in [5.74, 6) is -1.26. The van der Waals surface area contributed by atoms with Crippen LogP contribution in [0.4, 0.5) is 4.39 Å². The van der Waals surface area contributed by atoms with Gasteiger partial charge in [0.05, 0.1) is 10.6 Å². The molecule has 128 valence electrons. The van der Waals surface area contributed by atoms with E-state index < -0.39 is 21.8 Å². The highest BCUT2D eigenvalue weighted by Gasteiger charge is 2.23. The topological polar surface area (TPSA) is 63.7 Å². The Morgan fingerprint density at radius 2 is 1.88 bits per heavy atom. The molecule has 0 spiro atoms. The third-order valence-corrected chi connectivity index (χ3v) is 5.54. The molecule has 0 atom stereocenters. The van der Waals surface area contributed by atoms with Gasteiger partial charge in [0.15, 0.2) is 0 Å². The van der Waals surface area contributed by atoms with Crippen molar-refractivity contribution >= 4 is 27.6 Å². The molecule has 0 unspecified atom stereocenters. The number of benzene rings is 2. The van der Waals surface area contributed by atoms with Crippen LogP contribution in [-0.2, 0) is 21.4 Å². The van der Waals surface area contributed by atoms with Crippen molar-refractivity contribution in [1.29, 1.82) is 0 Å². The molecule has 0 aromatic heterocycles. The predicted molar refractivity (Wildman–Crippen MR) is 87.8 cm³/mol. The normalized spacial score (nSPS) is 11.5. The highest BCUT2D eigenvalue weighted by atomic mass is 35.5. The van der Waals surface area contributed by atoms with Gasteiger partial charge in [0, 0.05) is 19.7 Å². The fourth-order valence-corrected chi connectivity index (χ4v) is 3.26. The Balaban J connectivity index is 2.23. The molecule has 0 fully saturated rings. The molecular weight excluding hydrogens is 357 g/mol. The average molecular weight is 372 g/mol. The predicted octanol–water partition coefficient (Wildman–Crippen LogP) is 3.09. The molecule has 0 N–H and O–H groups in total. The maximum Gasteiger partial charge on any atom is 0.338 e. The zero-order valence-corrected chi connectivity index (χ0v) is 14.6. The van der Waals surface area contributed by atoms with Crippen LogP contribution in [0.15, 0.2) is 47.4 Å².